The molecule has 16 nitrogen and oxygen atoms in total. The molecule has 1 aromatic heterocycles. The van der Waals surface area contributed by atoms with Crippen LogP contribution in [0.1, 0.15) is 61.2 Å². The molecule has 3 aliphatic rings. The fourth-order valence-corrected chi connectivity index (χ4v) is 7.37. The van der Waals surface area contributed by atoms with E-state index in [-0.39, 0.29) is 47.9 Å². The summed E-state index contributed by atoms with van der Waals surface area (Å²) < 4.78 is 0. The number of carbonyl (C=O) groups is 5. The number of hydrogen-bond acceptors (Lipinski definition) is 13. The number of nitrogens with one attached hydrogen (secondary N) is 4. The van der Waals surface area contributed by atoms with Gasteiger partial charge in [0.1, 0.15) is 23.3 Å². The van der Waals surface area contributed by atoms with Crippen molar-refractivity contribution in [2.75, 3.05) is 47.4 Å². The molecule has 2 atom stereocenters. The van der Waals surface area contributed by atoms with Gasteiger partial charge in [-0.05, 0) is 44.4 Å². The lowest BCUT2D eigenvalue weighted by Gasteiger charge is -2.37. The third kappa shape index (κ3) is 8.07. The maximum absolute atomic E-state index is 13.3. The van der Waals surface area contributed by atoms with E-state index >= 15 is 0 Å². The van der Waals surface area contributed by atoms with E-state index in [1.165, 1.54) is 11.8 Å². The standard InChI is InChI=1S/C34H39ClN10O6S/c1-34(37)10-14-44(15-11-34)23-17-40-31(29(36)42-23)52-22-7-3-6-20(28(22)35)41-26(48)16-25(47)39-13-12-38-19-5-2-4-18-27(19)33(51)45(32(18)50)21-8-9-24(46)43-30(21)49/h2-7,17,21,32,38,50H,8-16,37H2,1H3,(H2,36,42)(H,39,47)(H,41,48)(H,43,46,49). The summed E-state index contributed by atoms with van der Waals surface area (Å²) in [4.78, 5) is 75.4. The normalized spacial score (nSPS) is 19.6. The van der Waals surface area contributed by atoms with Crippen molar-refractivity contribution < 1.29 is 29.1 Å². The van der Waals surface area contributed by atoms with Crippen LogP contribution in [0.5, 0.6) is 0 Å². The van der Waals surface area contributed by atoms with Gasteiger partial charge in [0.15, 0.2) is 12.0 Å². The van der Waals surface area contributed by atoms with Gasteiger partial charge in [0.05, 0.1) is 22.5 Å². The van der Waals surface area contributed by atoms with Crippen molar-refractivity contribution in [2.45, 2.75) is 66.8 Å². The lowest BCUT2D eigenvalue weighted by atomic mass is 9.91. The Morgan fingerprint density at radius 2 is 1.83 bits per heavy atom. The maximum Gasteiger partial charge on any atom is 0.259 e. The van der Waals surface area contributed by atoms with Crippen LogP contribution in [-0.4, -0.2) is 87.3 Å². The Morgan fingerprint density at radius 1 is 1.10 bits per heavy atom. The fourth-order valence-electron chi connectivity index (χ4n) is 6.27. The topological polar surface area (TPSA) is 238 Å². The minimum Gasteiger partial charge on any atom is -0.383 e. The number of nitrogens with zero attached hydrogens (tertiary/aromatic N) is 4. The van der Waals surface area contributed by atoms with Crippen molar-refractivity contribution in [1.29, 1.82) is 0 Å². The highest BCUT2D eigenvalue weighted by atomic mass is 35.5. The second-order valence-electron chi connectivity index (χ2n) is 13.1. The minimum absolute atomic E-state index is 0.0558. The Bertz CT molecular complexity index is 1920. The van der Waals surface area contributed by atoms with Crippen molar-refractivity contribution in [3.8, 4) is 0 Å². The van der Waals surface area contributed by atoms with Crippen molar-refractivity contribution in [2.24, 2.45) is 5.73 Å². The first-order valence-electron chi connectivity index (χ1n) is 16.7. The molecule has 0 aliphatic carbocycles. The molecule has 3 aromatic rings. The number of nitrogen functional groups attached to an aromatic ring is 1. The Labute approximate surface area is 308 Å². The highest BCUT2D eigenvalue weighted by Crippen LogP contribution is 2.40. The molecule has 4 heterocycles. The molecule has 9 N–H and O–H groups in total. The second-order valence-corrected chi connectivity index (χ2v) is 14.5. The molecule has 0 bridgehead atoms. The number of carbonyl (C=O) groups excluding carboxylic acids is 5. The number of benzene rings is 2. The third-order valence-corrected chi connectivity index (χ3v) is 10.7. The van der Waals surface area contributed by atoms with Crippen LogP contribution in [0, 0.1) is 0 Å². The van der Waals surface area contributed by atoms with Crippen LogP contribution in [0.15, 0.2) is 52.5 Å². The molecule has 6 rings (SSSR count). The summed E-state index contributed by atoms with van der Waals surface area (Å²) >= 11 is 7.83. The smallest absolute Gasteiger partial charge is 0.259 e. The molecule has 5 amide bonds. The number of halogens is 1. The first kappa shape index (κ1) is 36.8. The number of anilines is 4. The van der Waals surface area contributed by atoms with Crippen LogP contribution in [0.3, 0.4) is 0 Å². The van der Waals surface area contributed by atoms with Gasteiger partial charge in [-0.2, -0.15) is 0 Å². The zero-order valence-electron chi connectivity index (χ0n) is 28.3. The molecule has 2 saturated heterocycles. The van der Waals surface area contributed by atoms with Crippen molar-refractivity contribution in [3.63, 3.8) is 0 Å². The van der Waals surface area contributed by atoms with Crippen LogP contribution in [0.4, 0.5) is 23.0 Å². The lowest BCUT2D eigenvalue weighted by molar-refractivity contribution is -0.139. The Balaban J connectivity index is 0.982. The average Bonchev–Trinajstić information content (AvgIpc) is 3.35. The number of aliphatic hydroxyl groups is 1. The third-order valence-electron chi connectivity index (χ3n) is 9.14. The predicted octanol–water partition coefficient (Wildman–Crippen LogP) is 1.99. The molecule has 2 fully saturated rings. The summed E-state index contributed by atoms with van der Waals surface area (Å²) in [5.41, 5.74) is 13.5. The first-order chi connectivity index (χ1) is 24.8. The molecular weight excluding hydrogens is 712 g/mol. The minimum atomic E-state index is -1.36. The van der Waals surface area contributed by atoms with E-state index in [1.54, 1.807) is 42.6 Å². The molecular formula is C34H39ClN10O6S. The Hall–Kier alpha value is -4.97. The molecule has 274 valence electrons. The molecule has 2 unspecified atom stereocenters. The predicted molar refractivity (Wildman–Crippen MR) is 195 cm³/mol. The number of aromatic nitrogens is 2. The second kappa shape index (κ2) is 15.3. The monoisotopic (exact) mass is 750 g/mol. The number of nitrogens with two attached hydrogens (primary N) is 2. The SMILES string of the molecule is CC1(N)CCN(c2cnc(Sc3cccc(NC(=O)CC(=O)NCCNc4cccc5c4C(=O)N(C4CCC(=O)NC4=O)C5O)c3Cl)c(N)n2)CC1. The summed E-state index contributed by atoms with van der Waals surface area (Å²) in [7, 11) is 0. The largest absolute Gasteiger partial charge is 0.383 e. The van der Waals surface area contributed by atoms with E-state index in [0.29, 0.717) is 32.7 Å². The van der Waals surface area contributed by atoms with E-state index in [9.17, 15) is 29.1 Å². The van der Waals surface area contributed by atoms with E-state index in [0.717, 1.165) is 30.8 Å². The van der Waals surface area contributed by atoms with E-state index in [4.69, 9.17) is 23.1 Å². The zero-order chi connectivity index (χ0) is 37.2. The van der Waals surface area contributed by atoms with E-state index < -0.39 is 48.2 Å². The molecule has 0 radical (unpaired) electrons. The van der Waals surface area contributed by atoms with Gasteiger partial charge < -0.3 is 37.4 Å². The van der Waals surface area contributed by atoms with Crippen LogP contribution in [0.25, 0.3) is 0 Å². The highest BCUT2D eigenvalue weighted by molar-refractivity contribution is 7.99. The summed E-state index contributed by atoms with van der Waals surface area (Å²) in [5, 5.41) is 22.2. The van der Waals surface area contributed by atoms with Gasteiger partial charge in [0.25, 0.3) is 5.91 Å². The quantitative estimate of drug-likeness (QED) is 0.0845. The maximum atomic E-state index is 13.3. The number of hydrogen-bond donors (Lipinski definition) is 7. The number of rotatable bonds is 11. The van der Waals surface area contributed by atoms with Gasteiger partial charge in [-0.1, -0.05) is 41.6 Å². The summed E-state index contributed by atoms with van der Waals surface area (Å²) in [6.07, 6.45) is 1.67. The molecule has 52 heavy (non-hydrogen) atoms. The molecule has 0 saturated carbocycles. The number of aliphatic hydroxyl groups excluding tert-OH is 1. The fraction of sp³-hybridized carbons (Fsp3) is 0.382. The Morgan fingerprint density at radius 3 is 2.56 bits per heavy atom. The van der Waals surface area contributed by atoms with Crippen molar-refractivity contribution in [1.82, 2.24) is 25.5 Å². The molecule has 3 aliphatic heterocycles. The van der Waals surface area contributed by atoms with Crippen molar-refractivity contribution in [3.05, 3.63) is 58.7 Å². The Kier molecular flexibility index (Phi) is 10.9. The number of fused-ring (bicyclic) bond motifs is 1. The first-order valence-corrected chi connectivity index (χ1v) is 17.9. The average molecular weight is 751 g/mol. The summed E-state index contributed by atoms with van der Waals surface area (Å²) in [6, 6.07) is 8.98. The van der Waals surface area contributed by atoms with Gasteiger partial charge >= 0.3 is 0 Å². The lowest BCUT2D eigenvalue weighted by Crippen LogP contribution is -2.53. The molecule has 2 aromatic carbocycles. The zero-order valence-corrected chi connectivity index (χ0v) is 29.9. The number of piperidine rings is 2. The number of amides is 5. The van der Waals surface area contributed by atoms with E-state index in [2.05, 4.69) is 36.1 Å². The van der Waals surface area contributed by atoms with Crippen LogP contribution >= 0.6 is 23.4 Å². The van der Waals surface area contributed by atoms with Gasteiger partial charge in [-0.25, -0.2) is 9.97 Å². The van der Waals surface area contributed by atoms with Crippen LogP contribution < -0.4 is 37.6 Å². The van der Waals surface area contributed by atoms with Gasteiger partial charge in [0.2, 0.25) is 23.6 Å². The van der Waals surface area contributed by atoms with Crippen LogP contribution in [-0.2, 0) is 19.2 Å². The van der Waals surface area contributed by atoms with Gasteiger partial charge in [-0.3, -0.25) is 34.2 Å². The number of imide groups is 1. The summed E-state index contributed by atoms with van der Waals surface area (Å²) in [6.45, 7) is 3.86. The van der Waals surface area contributed by atoms with Crippen LogP contribution in [0.2, 0.25) is 5.02 Å². The van der Waals surface area contributed by atoms with Crippen molar-refractivity contribution >= 4 is 75.9 Å². The van der Waals surface area contributed by atoms with Gasteiger partial charge in [-0.15, -0.1) is 0 Å². The van der Waals surface area contributed by atoms with E-state index in [1.807, 2.05) is 6.92 Å². The van der Waals surface area contributed by atoms with Gasteiger partial charge in [0, 0.05) is 54.3 Å². The molecule has 0 spiro atoms. The molecule has 18 heteroatoms. The summed E-state index contributed by atoms with van der Waals surface area (Å²) in [5.74, 6) is -1.82. The highest BCUT2D eigenvalue weighted by Gasteiger charge is 2.45.